The van der Waals surface area contributed by atoms with Gasteiger partial charge in [0.25, 0.3) is 0 Å². The minimum Gasteiger partial charge on any atom is -0.309 e. The largest absolute Gasteiger partial charge is 0.309 e. The van der Waals surface area contributed by atoms with Gasteiger partial charge < -0.3 is 8.97 Å². The van der Waals surface area contributed by atoms with Crippen LogP contribution in [0.3, 0.4) is 0 Å². The van der Waals surface area contributed by atoms with Crippen molar-refractivity contribution >= 4 is 120 Å². The first-order valence-corrected chi connectivity index (χ1v) is 23.7. The lowest BCUT2D eigenvalue weighted by Gasteiger charge is -2.19. The molecule has 0 unspecified atom stereocenters. The van der Waals surface area contributed by atoms with E-state index in [0.717, 1.165) is 22.4 Å². The zero-order valence-corrected chi connectivity index (χ0v) is 38.5. The third-order valence-electron chi connectivity index (χ3n) is 15.3. The predicted molar refractivity (Wildman–Crippen MR) is 286 cm³/mol. The monoisotopic (exact) mass is 858 g/mol. The highest BCUT2D eigenvalue weighted by Gasteiger charge is 2.29. The van der Waals surface area contributed by atoms with Crippen molar-refractivity contribution in [3.8, 4) is 16.8 Å². The average molecular weight is 859 g/mol. The van der Waals surface area contributed by atoms with E-state index in [1.807, 2.05) is 0 Å². The van der Waals surface area contributed by atoms with E-state index in [9.17, 15) is 0 Å². The standard InChI is InChI=1S/C63H46N4/c1-62(2,3)39-30-47-45-26-35-16-10-11-17-36(35)29-54(45)67-58(47)49(32-39)50-34-55-57(64-61(50)67)51-33-40(63(4,5)6)31-48-46-27-37-18-12-13-21-42(37)56(60(46)66(55)59(48)51)38-24-25-53-44(28-38)43-22-14-15-23-52(43)65(53)41-19-8-7-9-20-41/h7-34H,1-6H3. The summed E-state index contributed by atoms with van der Waals surface area (Å²) in [6, 6.07) is 64.1. The Morgan fingerprint density at radius 3 is 1.66 bits per heavy atom. The normalized spacial score (nSPS) is 13.2. The van der Waals surface area contributed by atoms with Crippen LogP contribution in [0.5, 0.6) is 0 Å². The summed E-state index contributed by atoms with van der Waals surface area (Å²) in [6.45, 7) is 14.0. The maximum atomic E-state index is 5.92. The Kier molecular flexibility index (Phi) is 6.94. The van der Waals surface area contributed by atoms with E-state index < -0.39 is 0 Å². The van der Waals surface area contributed by atoms with Crippen molar-refractivity contribution in [2.75, 3.05) is 0 Å². The van der Waals surface area contributed by atoms with Crippen molar-refractivity contribution in [1.82, 2.24) is 18.4 Å². The lowest BCUT2D eigenvalue weighted by atomic mass is 9.85. The predicted octanol–water partition coefficient (Wildman–Crippen LogP) is 17.0. The van der Waals surface area contributed by atoms with Crippen LogP contribution in [0.25, 0.3) is 137 Å². The molecule has 0 radical (unpaired) electrons. The molecule has 15 aromatic rings. The second-order valence-electron chi connectivity index (χ2n) is 21.2. The number of aromatic nitrogens is 4. The summed E-state index contributed by atoms with van der Waals surface area (Å²) in [7, 11) is 0. The van der Waals surface area contributed by atoms with Gasteiger partial charge in [0.1, 0.15) is 5.65 Å². The van der Waals surface area contributed by atoms with Gasteiger partial charge in [0.05, 0.1) is 44.1 Å². The fourth-order valence-electron chi connectivity index (χ4n) is 12.0. The molecule has 4 heteroatoms. The molecule has 9 aromatic carbocycles. The van der Waals surface area contributed by atoms with Crippen LogP contribution in [0.4, 0.5) is 0 Å². The fraction of sp³-hybridized carbons (Fsp3) is 0.127. The summed E-state index contributed by atoms with van der Waals surface area (Å²) in [5, 5.41) is 16.3. The summed E-state index contributed by atoms with van der Waals surface area (Å²) in [4.78, 5) is 5.92. The molecule has 0 saturated carbocycles. The van der Waals surface area contributed by atoms with Crippen LogP contribution in [0.2, 0.25) is 0 Å². The molecule has 0 aliphatic carbocycles. The molecule has 0 amide bonds. The van der Waals surface area contributed by atoms with Crippen LogP contribution in [0, 0.1) is 0 Å². The molecule has 6 heterocycles. The molecule has 0 bridgehead atoms. The van der Waals surface area contributed by atoms with Crippen molar-refractivity contribution in [1.29, 1.82) is 0 Å². The SMILES string of the molecule is CC(C)(C)c1cc2c3cc4ccccc4cc3n3c4nc5c6cc(C(C)(C)C)cc7c8cc9ccccc9c(-c9ccc%10c(c9)c9ccccc9n%10-c9ccccc9)c8n(c5cc4c(c1)c23)c76. The molecule has 0 aliphatic heterocycles. The number of benzene rings is 9. The lowest BCUT2D eigenvalue weighted by Crippen LogP contribution is -2.10. The minimum atomic E-state index is -0.0836. The highest BCUT2D eigenvalue weighted by Crippen LogP contribution is 2.50. The molecule has 15 rings (SSSR count). The van der Waals surface area contributed by atoms with Gasteiger partial charge in [-0.25, -0.2) is 4.98 Å². The number of rotatable bonds is 2. The summed E-state index contributed by atoms with van der Waals surface area (Å²) >= 11 is 0. The Balaban J connectivity index is 1.13. The minimum absolute atomic E-state index is 0.0459. The van der Waals surface area contributed by atoms with Crippen LogP contribution in [0.15, 0.2) is 170 Å². The van der Waals surface area contributed by atoms with E-state index in [4.69, 9.17) is 4.98 Å². The van der Waals surface area contributed by atoms with Crippen molar-refractivity contribution < 1.29 is 0 Å². The van der Waals surface area contributed by atoms with Crippen molar-refractivity contribution in [3.05, 3.63) is 181 Å². The van der Waals surface area contributed by atoms with Crippen molar-refractivity contribution in [3.63, 3.8) is 0 Å². The fourth-order valence-corrected chi connectivity index (χ4v) is 12.0. The van der Waals surface area contributed by atoms with E-state index >= 15 is 0 Å². The average Bonchev–Trinajstić information content (AvgIpc) is 4.11. The Bertz CT molecular complexity index is 4620. The number of hydrogen-bond acceptors (Lipinski definition) is 1. The number of para-hydroxylation sites is 2. The van der Waals surface area contributed by atoms with E-state index in [1.54, 1.807) is 0 Å². The van der Waals surface area contributed by atoms with E-state index in [2.05, 4.69) is 225 Å². The Labute approximate surface area is 386 Å². The van der Waals surface area contributed by atoms with Crippen LogP contribution in [-0.4, -0.2) is 18.4 Å². The summed E-state index contributed by atoms with van der Waals surface area (Å²) in [6.07, 6.45) is 0. The van der Waals surface area contributed by atoms with Gasteiger partial charge in [0.15, 0.2) is 0 Å². The molecule has 4 nitrogen and oxygen atoms in total. The van der Waals surface area contributed by atoms with Crippen LogP contribution < -0.4 is 0 Å². The molecule has 0 saturated heterocycles. The van der Waals surface area contributed by atoms with Gasteiger partial charge in [-0.1, -0.05) is 133 Å². The maximum absolute atomic E-state index is 5.92. The quantitative estimate of drug-likeness (QED) is 0.170. The van der Waals surface area contributed by atoms with Crippen molar-refractivity contribution in [2.24, 2.45) is 0 Å². The lowest BCUT2D eigenvalue weighted by molar-refractivity contribution is 0.591. The van der Waals surface area contributed by atoms with Gasteiger partial charge in [-0.15, -0.1) is 0 Å². The molecular formula is C63H46N4. The zero-order valence-electron chi connectivity index (χ0n) is 38.5. The summed E-state index contributed by atoms with van der Waals surface area (Å²) in [5.74, 6) is 0. The number of pyridine rings is 1. The van der Waals surface area contributed by atoms with Gasteiger partial charge in [-0.2, -0.15) is 0 Å². The van der Waals surface area contributed by atoms with E-state index in [-0.39, 0.29) is 10.8 Å². The topological polar surface area (TPSA) is 26.6 Å². The molecule has 0 atom stereocenters. The Hall–Kier alpha value is -7.95. The maximum Gasteiger partial charge on any atom is 0.146 e. The van der Waals surface area contributed by atoms with Gasteiger partial charge in [-0.3, -0.25) is 4.40 Å². The number of nitrogens with zero attached hydrogens (tertiary/aromatic N) is 4. The van der Waals surface area contributed by atoms with Crippen LogP contribution >= 0.6 is 0 Å². The Morgan fingerprint density at radius 2 is 0.910 bits per heavy atom. The summed E-state index contributed by atoms with van der Waals surface area (Å²) < 4.78 is 7.48. The van der Waals surface area contributed by atoms with E-state index in [0.29, 0.717) is 0 Å². The second kappa shape index (κ2) is 12.5. The Morgan fingerprint density at radius 1 is 0.358 bits per heavy atom. The number of fused-ring (bicyclic) bond motifs is 17. The molecule has 0 spiro atoms. The molecular weight excluding hydrogens is 813 g/mol. The first-order valence-electron chi connectivity index (χ1n) is 23.7. The van der Waals surface area contributed by atoms with Gasteiger partial charge in [0.2, 0.25) is 0 Å². The molecule has 0 fully saturated rings. The first-order chi connectivity index (χ1) is 32.5. The molecule has 0 N–H and O–H groups in total. The summed E-state index contributed by atoms with van der Waals surface area (Å²) in [5.41, 5.74) is 16.7. The molecule has 67 heavy (non-hydrogen) atoms. The zero-order chi connectivity index (χ0) is 44.8. The van der Waals surface area contributed by atoms with Crippen LogP contribution in [-0.2, 0) is 10.8 Å². The van der Waals surface area contributed by atoms with Crippen molar-refractivity contribution in [2.45, 2.75) is 52.4 Å². The van der Waals surface area contributed by atoms with Gasteiger partial charge in [-0.05, 0) is 128 Å². The molecule has 6 aromatic heterocycles. The second-order valence-corrected chi connectivity index (χ2v) is 21.2. The third kappa shape index (κ3) is 4.84. The van der Waals surface area contributed by atoms with Crippen LogP contribution in [0.1, 0.15) is 52.7 Å². The van der Waals surface area contributed by atoms with E-state index in [1.165, 1.54) is 125 Å². The smallest absolute Gasteiger partial charge is 0.146 e. The highest BCUT2D eigenvalue weighted by atomic mass is 15.0. The van der Waals surface area contributed by atoms with Gasteiger partial charge in [0, 0.05) is 59.7 Å². The molecule has 0 aliphatic rings. The third-order valence-corrected chi connectivity index (χ3v) is 15.3. The molecule has 318 valence electrons. The number of hydrogen-bond donors (Lipinski definition) is 0. The first kappa shape index (κ1) is 37.3. The highest BCUT2D eigenvalue weighted by molar-refractivity contribution is 6.31. The van der Waals surface area contributed by atoms with Gasteiger partial charge >= 0.3 is 0 Å².